The summed E-state index contributed by atoms with van der Waals surface area (Å²) < 4.78 is 30.0. The molecular formula is C50H74N4O13. The van der Waals surface area contributed by atoms with Gasteiger partial charge in [-0.15, -0.1) is 0 Å². The van der Waals surface area contributed by atoms with Crippen LogP contribution in [-0.4, -0.2) is 155 Å². The number of aliphatic hydroxyl groups is 2. The topological polar surface area (TPSA) is 217 Å². The molecule has 372 valence electrons. The highest BCUT2D eigenvalue weighted by atomic mass is 16.7. The number of rotatable bonds is 14. The Morgan fingerprint density at radius 2 is 1.49 bits per heavy atom. The lowest BCUT2D eigenvalue weighted by atomic mass is 9.78. The Morgan fingerprint density at radius 1 is 0.866 bits per heavy atom. The fraction of sp³-hybridized carbons (Fsp3) is 0.600. The van der Waals surface area contributed by atoms with Crippen molar-refractivity contribution in [2.45, 2.75) is 106 Å². The van der Waals surface area contributed by atoms with Gasteiger partial charge in [0.2, 0.25) is 0 Å². The number of amides is 2. The summed E-state index contributed by atoms with van der Waals surface area (Å²) in [5, 5.41) is 48.9. The van der Waals surface area contributed by atoms with E-state index in [0.717, 1.165) is 32.7 Å². The number of fused-ring (bicyclic) bond motifs is 14. The average Bonchev–Trinajstić information content (AvgIpc) is 3.57. The van der Waals surface area contributed by atoms with Crippen LogP contribution < -0.4 is 14.8 Å². The number of phenols is 2. The number of methoxy groups -OCH3 is 1. The number of hydrogen-bond acceptors (Lipinski definition) is 15. The van der Waals surface area contributed by atoms with Crippen molar-refractivity contribution in [1.29, 1.82) is 0 Å². The van der Waals surface area contributed by atoms with Crippen LogP contribution in [0.2, 0.25) is 0 Å². The summed E-state index contributed by atoms with van der Waals surface area (Å²) in [6, 6.07) is 1.28. The molecule has 0 saturated carbocycles. The minimum Gasteiger partial charge on any atom is -0.507 e. The van der Waals surface area contributed by atoms with Gasteiger partial charge in [0.05, 0.1) is 41.2 Å². The smallest absolute Gasteiger partial charge is 0.312 e. The minimum absolute atomic E-state index is 0.0595. The number of anilines is 1. The molecule has 67 heavy (non-hydrogen) atoms. The molecular weight excluding hydrogens is 865 g/mol. The number of nitrogens with one attached hydrogen (secondary N) is 1. The minimum atomic E-state index is -2.04. The third kappa shape index (κ3) is 12.5. The molecule has 5 rings (SSSR count). The van der Waals surface area contributed by atoms with E-state index in [0.29, 0.717) is 13.1 Å². The van der Waals surface area contributed by atoms with Crippen LogP contribution in [0.15, 0.2) is 42.2 Å². The van der Waals surface area contributed by atoms with E-state index in [1.807, 2.05) is 0 Å². The highest BCUT2D eigenvalue weighted by molar-refractivity contribution is 6.21. The number of aliphatic hydroxyl groups excluding tert-OH is 2. The molecule has 9 atom stereocenters. The van der Waals surface area contributed by atoms with Gasteiger partial charge in [0.15, 0.2) is 12.4 Å². The van der Waals surface area contributed by atoms with Gasteiger partial charge < -0.3 is 64.1 Å². The standard InChI is InChI=1S/C50H74N4O13/c1-14-53(15-2)23-24-54(16-3)22-21-52(12)38(56)27-64-37-26-35-45(60)40-39(37)41-47(33(9)44(40)59)67-50(11,48(41)61)65-25-20-36(63-13)30(6)46(66-34(10)55)32(8)43(58)31(7)42(57)28(4)18-17-19-29(5)49(62)51-35/h17-20,25-26,28,30-32,36,42-43,46,57-60H,14-16,21-24,27H2,1-13H3,(H,51,62)/b18-17+,25-20+,29-19-/t28-,30+,31+,32+,36-,42-,43+,46+,50-/m0/s1. The lowest BCUT2D eigenvalue weighted by molar-refractivity contribution is -0.160. The zero-order chi connectivity index (χ0) is 50.1. The Kier molecular flexibility index (Phi) is 19.2. The summed E-state index contributed by atoms with van der Waals surface area (Å²) in [7, 11) is 3.11. The van der Waals surface area contributed by atoms with E-state index in [9.17, 15) is 39.6 Å². The van der Waals surface area contributed by atoms with Gasteiger partial charge in [-0.1, -0.05) is 66.7 Å². The lowest BCUT2D eigenvalue weighted by Crippen LogP contribution is -2.46. The van der Waals surface area contributed by atoms with Crippen LogP contribution in [-0.2, 0) is 28.6 Å². The maximum absolute atomic E-state index is 14.7. The molecule has 0 aliphatic carbocycles. The van der Waals surface area contributed by atoms with E-state index >= 15 is 0 Å². The number of hydrogen-bond donors (Lipinski definition) is 5. The highest BCUT2D eigenvalue weighted by Gasteiger charge is 2.50. The molecule has 0 fully saturated rings. The Hall–Kier alpha value is -5.20. The molecule has 0 unspecified atom stereocenters. The molecule has 0 radical (unpaired) electrons. The van der Waals surface area contributed by atoms with E-state index in [-0.39, 0.29) is 50.6 Å². The summed E-state index contributed by atoms with van der Waals surface area (Å²) >= 11 is 0. The first kappa shape index (κ1) is 54.4. The predicted octanol–water partition coefficient (Wildman–Crippen LogP) is 5.55. The van der Waals surface area contributed by atoms with Gasteiger partial charge in [-0.2, -0.15) is 0 Å². The zero-order valence-electron chi connectivity index (χ0n) is 41.5. The van der Waals surface area contributed by atoms with Gasteiger partial charge in [-0.3, -0.25) is 19.2 Å². The number of likely N-dealkylation sites (N-methyl/N-ethyl adjacent to an activating group) is 3. The number of allylic oxidation sites excluding steroid dienone is 2. The number of ether oxygens (including phenoxy) is 5. The van der Waals surface area contributed by atoms with Crippen LogP contribution in [0.1, 0.15) is 85.2 Å². The normalized spacial score (nSPS) is 27.9. The second-order valence-electron chi connectivity index (χ2n) is 18.0. The molecule has 2 aromatic rings. The zero-order valence-corrected chi connectivity index (χ0v) is 41.5. The van der Waals surface area contributed by atoms with E-state index in [1.54, 1.807) is 51.8 Å². The van der Waals surface area contributed by atoms with E-state index in [2.05, 4.69) is 35.9 Å². The highest BCUT2D eigenvalue weighted by Crippen LogP contribution is 2.54. The molecule has 5 N–H and O–H groups in total. The van der Waals surface area contributed by atoms with Crippen molar-refractivity contribution in [1.82, 2.24) is 14.7 Å². The molecule has 3 heterocycles. The molecule has 3 aliphatic heterocycles. The number of phenolic OH excluding ortho intramolecular Hbond substituents is 2. The third-order valence-corrected chi connectivity index (χ3v) is 13.4. The first-order valence-corrected chi connectivity index (χ1v) is 23.2. The Bertz CT molecular complexity index is 2190. The van der Waals surface area contributed by atoms with Crippen molar-refractivity contribution in [2.24, 2.45) is 23.7 Å². The second kappa shape index (κ2) is 23.7. The predicted molar refractivity (Wildman–Crippen MR) is 255 cm³/mol. The van der Waals surface area contributed by atoms with Gasteiger partial charge in [0.25, 0.3) is 17.6 Å². The maximum Gasteiger partial charge on any atom is 0.312 e. The van der Waals surface area contributed by atoms with E-state index in [1.165, 1.54) is 59.3 Å². The fourth-order valence-corrected chi connectivity index (χ4v) is 8.66. The number of carbonyl (C=O) groups excluding carboxylic acids is 4. The van der Waals surface area contributed by atoms with Gasteiger partial charge in [0.1, 0.15) is 23.4 Å². The number of benzene rings is 2. The molecule has 5 bridgehead atoms. The third-order valence-electron chi connectivity index (χ3n) is 13.4. The number of carbonyl (C=O) groups is 4. The van der Waals surface area contributed by atoms with Gasteiger partial charge in [-0.05, 0) is 39.6 Å². The van der Waals surface area contributed by atoms with E-state index < -0.39 is 89.6 Å². The molecule has 2 amide bonds. The number of aromatic hydroxyl groups is 2. The maximum atomic E-state index is 14.7. The first-order chi connectivity index (χ1) is 31.6. The SMILES string of the molecule is CCN(CC)CCN(CC)CCN(C)C(=O)COc1cc2c(O)c3c(O)c(C)c4c(c13)C(=O)[C@@](C)(O/C=C/[C@H](OC)[C@@H](C)[C@@H](OC(C)=O)[C@H](C)[C@H](O)[C@H](C)[C@@H](O)[C@@H](C)/C=C/C=C(/C)C(=O)N2)O4. The summed E-state index contributed by atoms with van der Waals surface area (Å²) in [4.78, 5) is 60.6. The largest absolute Gasteiger partial charge is 0.507 e. The van der Waals surface area contributed by atoms with Crippen molar-refractivity contribution in [2.75, 3.05) is 71.9 Å². The van der Waals surface area contributed by atoms with Crippen LogP contribution in [0.4, 0.5) is 5.69 Å². The number of ketones is 1. The molecule has 0 spiro atoms. The van der Waals surface area contributed by atoms with Crippen LogP contribution in [0.25, 0.3) is 10.8 Å². The molecule has 0 aromatic heterocycles. The Morgan fingerprint density at radius 3 is 2.10 bits per heavy atom. The van der Waals surface area contributed by atoms with E-state index in [4.69, 9.17) is 23.7 Å². The van der Waals surface area contributed by atoms with Crippen LogP contribution in [0, 0.1) is 30.6 Å². The van der Waals surface area contributed by atoms with Gasteiger partial charge >= 0.3 is 11.8 Å². The van der Waals surface area contributed by atoms with Crippen LogP contribution in [0.3, 0.4) is 0 Å². The van der Waals surface area contributed by atoms with Crippen LogP contribution >= 0.6 is 0 Å². The monoisotopic (exact) mass is 939 g/mol. The number of esters is 1. The average molecular weight is 939 g/mol. The summed E-state index contributed by atoms with van der Waals surface area (Å²) in [5.74, 6) is -8.10. The molecule has 17 heteroatoms. The Balaban J connectivity index is 1.83. The van der Waals surface area contributed by atoms with Crippen molar-refractivity contribution >= 4 is 40.0 Å². The van der Waals surface area contributed by atoms with Crippen molar-refractivity contribution in [3.8, 4) is 23.0 Å². The van der Waals surface area contributed by atoms with Crippen molar-refractivity contribution in [3.63, 3.8) is 0 Å². The molecule has 17 nitrogen and oxygen atoms in total. The summed E-state index contributed by atoms with van der Waals surface area (Å²) in [6.45, 7) is 23.9. The Labute approximate surface area is 395 Å². The number of nitrogens with zero attached hydrogens (tertiary/aromatic N) is 3. The molecule has 0 saturated heterocycles. The lowest BCUT2D eigenvalue weighted by Gasteiger charge is -2.38. The fourth-order valence-electron chi connectivity index (χ4n) is 8.66. The van der Waals surface area contributed by atoms with Crippen molar-refractivity contribution < 1.29 is 63.3 Å². The number of Topliss-reactive ketones (excluding diaryl/α,β-unsaturated/α-hetero) is 1. The van der Waals surface area contributed by atoms with Crippen LogP contribution in [0.5, 0.6) is 23.0 Å². The molecule has 2 aromatic carbocycles. The second-order valence-corrected chi connectivity index (χ2v) is 18.0. The van der Waals surface area contributed by atoms with Gasteiger partial charge in [0, 0.05) is 100 Å². The first-order valence-electron chi connectivity index (χ1n) is 23.2. The quantitative estimate of drug-likeness (QED) is 0.116. The summed E-state index contributed by atoms with van der Waals surface area (Å²) in [5.41, 5.74) is -0.0169. The van der Waals surface area contributed by atoms with Gasteiger partial charge in [-0.25, -0.2) is 0 Å². The van der Waals surface area contributed by atoms with Crippen molar-refractivity contribution in [3.05, 3.63) is 53.3 Å². The molecule has 3 aliphatic rings. The summed E-state index contributed by atoms with van der Waals surface area (Å²) in [6.07, 6.45) is 3.61.